The molecular weight excluding hydrogens is 408 g/mol. The van der Waals surface area contributed by atoms with Crippen LogP contribution in [0.3, 0.4) is 0 Å². The summed E-state index contributed by atoms with van der Waals surface area (Å²) < 4.78 is 16.8. The molecule has 0 radical (unpaired) electrons. The first-order valence-corrected chi connectivity index (χ1v) is 10.6. The van der Waals surface area contributed by atoms with E-state index in [4.69, 9.17) is 13.9 Å². The first-order chi connectivity index (χ1) is 15.4. The van der Waals surface area contributed by atoms with Crippen LogP contribution in [-0.4, -0.2) is 37.7 Å². The maximum Gasteiger partial charge on any atom is 0.336 e. The lowest BCUT2D eigenvalue weighted by molar-refractivity contribution is -0.126. The monoisotopic (exact) mass is 432 g/mol. The minimum absolute atomic E-state index is 0.193. The predicted molar refractivity (Wildman–Crippen MR) is 123 cm³/mol. The molecule has 2 aromatic carbocycles. The van der Waals surface area contributed by atoms with Gasteiger partial charge in [0.2, 0.25) is 5.78 Å². The number of ketones is 1. The summed E-state index contributed by atoms with van der Waals surface area (Å²) in [4.78, 5) is 27.4. The molecule has 1 fully saturated rings. The number of nitrogens with zero attached hydrogens (tertiary/aromatic N) is 1. The van der Waals surface area contributed by atoms with Crippen LogP contribution in [-0.2, 0) is 9.53 Å². The van der Waals surface area contributed by atoms with Gasteiger partial charge in [0.15, 0.2) is 5.60 Å². The number of fused-ring (bicyclic) bond motifs is 3. The Morgan fingerprint density at radius 2 is 1.69 bits per heavy atom. The average molecular weight is 432 g/mol. The molecule has 0 spiro atoms. The van der Waals surface area contributed by atoms with E-state index in [0.29, 0.717) is 22.5 Å². The second-order valence-corrected chi connectivity index (χ2v) is 8.40. The number of rotatable bonds is 3. The van der Waals surface area contributed by atoms with Crippen LogP contribution in [0.5, 0.6) is 5.75 Å². The molecule has 7 heteroatoms. The molecule has 1 aromatic heterocycles. The normalized spacial score (nSPS) is 19.0. The maximum absolute atomic E-state index is 13.2. The van der Waals surface area contributed by atoms with Crippen LogP contribution in [0, 0.1) is 0 Å². The van der Waals surface area contributed by atoms with Gasteiger partial charge in [-0.25, -0.2) is 4.79 Å². The highest BCUT2D eigenvalue weighted by Crippen LogP contribution is 2.41. The van der Waals surface area contributed by atoms with E-state index in [1.807, 2.05) is 30.3 Å². The smallest absolute Gasteiger partial charge is 0.336 e. The minimum Gasteiger partial charge on any atom is -0.479 e. The van der Waals surface area contributed by atoms with E-state index in [1.54, 1.807) is 32.2 Å². The quantitative estimate of drug-likeness (QED) is 0.498. The van der Waals surface area contributed by atoms with Crippen LogP contribution in [0.15, 0.2) is 63.9 Å². The van der Waals surface area contributed by atoms with Gasteiger partial charge < -0.3 is 24.1 Å². The molecule has 2 aliphatic heterocycles. The lowest BCUT2D eigenvalue weighted by Gasteiger charge is -2.32. The SMILES string of the molecule is CC1(C)Oc2ccc3ccc(=O)oc3c2/C(=C/Nc2ccc(N3CCOCC3)cc2)C1=O. The van der Waals surface area contributed by atoms with Gasteiger partial charge in [-0.3, -0.25) is 4.79 Å². The molecule has 0 unspecified atom stereocenters. The topological polar surface area (TPSA) is 81.0 Å². The number of morpholine rings is 1. The van der Waals surface area contributed by atoms with Crippen molar-refractivity contribution in [2.45, 2.75) is 19.4 Å². The summed E-state index contributed by atoms with van der Waals surface area (Å²) in [5, 5.41) is 3.95. The van der Waals surface area contributed by atoms with Crippen molar-refractivity contribution in [3.05, 3.63) is 70.7 Å². The number of benzene rings is 2. The molecule has 32 heavy (non-hydrogen) atoms. The third kappa shape index (κ3) is 3.65. The fraction of sp³-hybridized carbons (Fsp3) is 0.280. The molecule has 5 rings (SSSR count). The van der Waals surface area contributed by atoms with E-state index in [-0.39, 0.29) is 5.78 Å². The molecule has 0 aliphatic carbocycles. The number of nitrogens with one attached hydrogen (secondary N) is 1. The molecular formula is C25H24N2O5. The highest BCUT2D eigenvalue weighted by molar-refractivity contribution is 6.28. The van der Waals surface area contributed by atoms with E-state index < -0.39 is 11.2 Å². The van der Waals surface area contributed by atoms with Gasteiger partial charge in [-0.2, -0.15) is 0 Å². The molecule has 164 valence electrons. The number of hydrogen-bond donors (Lipinski definition) is 1. The van der Waals surface area contributed by atoms with E-state index in [9.17, 15) is 9.59 Å². The van der Waals surface area contributed by atoms with Crippen molar-refractivity contribution in [1.29, 1.82) is 0 Å². The first-order valence-electron chi connectivity index (χ1n) is 10.6. The molecule has 0 bridgehead atoms. The Morgan fingerprint density at radius 3 is 2.44 bits per heavy atom. The number of Topliss-reactive ketones (excluding diaryl/α,β-unsaturated/α-hetero) is 1. The molecule has 2 aliphatic rings. The van der Waals surface area contributed by atoms with Crippen LogP contribution >= 0.6 is 0 Å². The van der Waals surface area contributed by atoms with Crippen molar-refractivity contribution < 1.29 is 18.7 Å². The second kappa shape index (κ2) is 7.84. The van der Waals surface area contributed by atoms with Crippen LogP contribution in [0.2, 0.25) is 0 Å². The zero-order chi connectivity index (χ0) is 22.3. The van der Waals surface area contributed by atoms with Crippen molar-refractivity contribution in [3.63, 3.8) is 0 Å². The van der Waals surface area contributed by atoms with Crippen molar-refractivity contribution >= 4 is 33.7 Å². The highest BCUT2D eigenvalue weighted by Gasteiger charge is 2.40. The zero-order valence-electron chi connectivity index (χ0n) is 18.0. The van der Waals surface area contributed by atoms with Gasteiger partial charge in [0.05, 0.1) is 24.4 Å². The Kier molecular flexibility index (Phi) is 4.98. The van der Waals surface area contributed by atoms with Crippen LogP contribution in [0.4, 0.5) is 11.4 Å². The summed E-state index contributed by atoms with van der Waals surface area (Å²) in [7, 11) is 0. The summed E-state index contributed by atoms with van der Waals surface area (Å²) in [6.07, 6.45) is 1.67. The van der Waals surface area contributed by atoms with Gasteiger partial charge >= 0.3 is 5.63 Å². The lowest BCUT2D eigenvalue weighted by Crippen LogP contribution is -2.42. The molecule has 3 heterocycles. The fourth-order valence-electron chi connectivity index (χ4n) is 4.10. The summed E-state index contributed by atoms with van der Waals surface area (Å²) in [5.41, 5.74) is 1.70. The number of ether oxygens (including phenoxy) is 2. The molecule has 0 amide bonds. The molecule has 3 aromatic rings. The summed E-state index contributed by atoms with van der Waals surface area (Å²) >= 11 is 0. The third-order valence-corrected chi connectivity index (χ3v) is 5.80. The Bertz CT molecular complexity index is 1270. The number of anilines is 2. The van der Waals surface area contributed by atoms with Crippen molar-refractivity contribution in [2.24, 2.45) is 0 Å². The molecule has 0 atom stereocenters. The highest BCUT2D eigenvalue weighted by atomic mass is 16.5. The van der Waals surface area contributed by atoms with Crippen LogP contribution in [0.25, 0.3) is 16.5 Å². The Balaban J connectivity index is 1.51. The van der Waals surface area contributed by atoms with Gasteiger partial charge in [-0.15, -0.1) is 0 Å². The third-order valence-electron chi connectivity index (χ3n) is 5.80. The standard InChI is InChI=1S/C25H24N2O5/c1-25(2)24(29)19(22-20(32-25)9-3-16-4-10-21(28)31-23(16)22)15-26-17-5-7-18(8-6-17)27-11-13-30-14-12-27/h3-10,15,26H,11-14H2,1-2H3/b19-15-. The number of carbonyl (C=O) groups excluding carboxylic acids is 1. The average Bonchev–Trinajstić information content (AvgIpc) is 2.80. The van der Waals surface area contributed by atoms with Crippen molar-refractivity contribution in [3.8, 4) is 5.75 Å². The van der Waals surface area contributed by atoms with E-state index >= 15 is 0 Å². The Hall–Kier alpha value is -3.58. The summed E-state index contributed by atoms with van der Waals surface area (Å²) in [6.45, 7) is 6.67. The minimum atomic E-state index is -1.04. The zero-order valence-corrected chi connectivity index (χ0v) is 18.0. The van der Waals surface area contributed by atoms with Gasteiger partial charge in [0.25, 0.3) is 0 Å². The number of hydrogen-bond acceptors (Lipinski definition) is 7. The maximum atomic E-state index is 13.2. The van der Waals surface area contributed by atoms with Crippen LogP contribution < -0.4 is 20.6 Å². The van der Waals surface area contributed by atoms with Gasteiger partial charge in [-0.1, -0.05) is 0 Å². The first kappa shape index (κ1) is 20.3. The summed E-state index contributed by atoms with van der Waals surface area (Å²) in [6, 6.07) is 14.7. The summed E-state index contributed by atoms with van der Waals surface area (Å²) in [5.74, 6) is 0.314. The Morgan fingerprint density at radius 1 is 0.969 bits per heavy atom. The molecule has 1 N–H and O–H groups in total. The second-order valence-electron chi connectivity index (χ2n) is 8.40. The predicted octanol–water partition coefficient (Wildman–Crippen LogP) is 3.82. The van der Waals surface area contributed by atoms with Gasteiger partial charge in [0, 0.05) is 42.1 Å². The van der Waals surface area contributed by atoms with E-state index in [2.05, 4.69) is 10.2 Å². The van der Waals surface area contributed by atoms with E-state index in [0.717, 1.165) is 43.1 Å². The molecule has 0 saturated carbocycles. The van der Waals surface area contributed by atoms with Gasteiger partial charge in [-0.05, 0) is 56.3 Å². The molecule has 1 saturated heterocycles. The van der Waals surface area contributed by atoms with Crippen LogP contribution in [0.1, 0.15) is 19.4 Å². The number of carbonyl (C=O) groups is 1. The van der Waals surface area contributed by atoms with E-state index in [1.165, 1.54) is 6.07 Å². The molecule has 7 nitrogen and oxygen atoms in total. The largest absolute Gasteiger partial charge is 0.479 e. The van der Waals surface area contributed by atoms with Crippen molar-refractivity contribution in [2.75, 3.05) is 36.5 Å². The fourth-order valence-corrected chi connectivity index (χ4v) is 4.10. The lowest BCUT2D eigenvalue weighted by atomic mass is 9.87. The van der Waals surface area contributed by atoms with Gasteiger partial charge in [0.1, 0.15) is 11.3 Å². The van der Waals surface area contributed by atoms with Crippen molar-refractivity contribution in [1.82, 2.24) is 0 Å². The Labute approximate surface area is 185 Å².